The van der Waals surface area contributed by atoms with Crippen LogP contribution in [0.1, 0.15) is 79.0 Å². The predicted octanol–water partition coefficient (Wildman–Crippen LogP) is 8.37. The second-order valence-electron chi connectivity index (χ2n) is 9.97. The molecule has 1 saturated heterocycles. The molecule has 2 aromatic carbocycles. The second-order valence-corrected chi connectivity index (χ2v) is 9.97. The molecule has 36 heavy (non-hydrogen) atoms. The molecule has 0 aliphatic carbocycles. The lowest BCUT2D eigenvalue weighted by Crippen LogP contribution is -2.29. The molecule has 1 aliphatic rings. The summed E-state index contributed by atoms with van der Waals surface area (Å²) in [6, 6.07) is 14.1. The van der Waals surface area contributed by atoms with Crippen LogP contribution in [0.5, 0.6) is 11.5 Å². The molecular weight excluding hydrogens is 448 g/mol. The van der Waals surface area contributed by atoms with Gasteiger partial charge in [-0.15, -0.1) is 0 Å². The van der Waals surface area contributed by atoms with E-state index in [0.717, 1.165) is 28.2 Å². The van der Waals surface area contributed by atoms with Crippen molar-refractivity contribution in [1.82, 2.24) is 0 Å². The van der Waals surface area contributed by atoms with Gasteiger partial charge in [0.2, 0.25) is 5.79 Å². The van der Waals surface area contributed by atoms with Gasteiger partial charge in [0.1, 0.15) is 17.1 Å². The van der Waals surface area contributed by atoms with Crippen LogP contribution in [0.4, 0.5) is 0 Å². The summed E-state index contributed by atoms with van der Waals surface area (Å²) in [6.45, 7) is 21.8. The van der Waals surface area contributed by atoms with E-state index in [1.165, 1.54) is 5.57 Å². The topological polar surface area (TPSA) is 36.9 Å². The van der Waals surface area contributed by atoms with E-state index in [2.05, 4.69) is 65.8 Å². The molecule has 2 aromatic rings. The van der Waals surface area contributed by atoms with Crippen molar-refractivity contribution in [3.05, 3.63) is 83.0 Å². The number of hydrogen-bond donors (Lipinski definition) is 0. The number of hydrogen-bond acceptors (Lipinski definition) is 4. The van der Waals surface area contributed by atoms with E-state index in [9.17, 15) is 0 Å². The monoisotopic (exact) mass is 494 g/mol. The zero-order valence-corrected chi connectivity index (χ0v) is 24.0. The Hall–Kier alpha value is -2.56. The molecule has 0 radical (unpaired) electrons. The summed E-state index contributed by atoms with van der Waals surface area (Å²) >= 11 is 0. The Morgan fingerprint density at radius 1 is 0.944 bits per heavy atom. The number of ether oxygens (including phenoxy) is 4. The Bertz CT molecular complexity index is 1010. The van der Waals surface area contributed by atoms with Crippen molar-refractivity contribution < 1.29 is 18.9 Å². The van der Waals surface area contributed by atoms with Crippen LogP contribution in [0, 0.1) is 12.8 Å². The van der Waals surface area contributed by atoms with Crippen molar-refractivity contribution in [2.75, 3.05) is 13.2 Å². The third kappa shape index (κ3) is 7.47. The highest BCUT2D eigenvalue weighted by Crippen LogP contribution is 2.40. The summed E-state index contributed by atoms with van der Waals surface area (Å²) in [6.07, 6.45) is 6.57. The third-order valence-corrected chi connectivity index (χ3v) is 5.91. The fourth-order valence-electron chi connectivity index (χ4n) is 4.14. The van der Waals surface area contributed by atoms with Gasteiger partial charge in [0.15, 0.2) is 0 Å². The smallest absolute Gasteiger partial charge is 0.222 e. The molecule has 0 spiro atoms. The third-order valence-electron chi connectivity index (χ3n) is 5.91. The van der Waals surface area contributed by atoms with Gasteiger partial charge in [-0.1, -0.05) is 39.8 Å². The van der Waals surface area contributed by atoms with E-state index in [4.69, 9.17) is 18.9 Å². The van der Waals surface area contributed by atoms with Crippen molar-refractivity contribution in [2.45, 2.75) is 86.7 Å². The number of benzene rings is 2. The van der Waals surface area contributed by atoms with Gasteiger partial charge in [-0.2, -0.15) is 0 Å². The predicted molar refractivity (Wildman–Crippen MR) is 150 cm³/mol. The van der Waals surface area contributed by atoms with E-state index in [1.54, 1.807) is 0 Å². The molecule has 0 amide bonds. The SMILES string of the molecule is C/C=C(\C=C/C(C)(C)Oc1ccc(C2(c3ccc(OC(C)C)cc3)OCCO2)cc1C)C(C)C.CC. The maximum absolute atomic E-state index is 6.40. The van der Waals surface area contributed by atoms with Crippen molar-refractivity contribution in [3.8, 4) is 11.5 Å². The summed E-state index contributed by atoms with van der Waals surface area (Å²) < 4.78 is 24.6. The molecule has 0 N–H and O–H groups in total. The van der Waals surface area contributed by atoms with E-state index >= 15 is 0 Å². The summed E-state index contributed by atoms with van der Waals surface area (Å²) in [5, 5.41) is 0. The van der Waals surface area contributed by atoms with Crippen molar-refractivity contribution in [1.29, 1.82) is 0 Å². The number of allylic oxidation sites excluding steroid dienone is 3. The minimum Gasteiger partial charge on any atom is -0.491 e. The molecule has 3 rings (SSSR count). The first-order valence-electron chi connectivity index (χ1n) is 13.3. The standard InChI is InChI=1S/C30H40O4.C2H6/c1-9-24(21(2)3)16-17-29(7,8)34-28-15-12-26(20-23(28)6)30(31-18-19-32-30)25-10-13-27(14-11-25)33-22(4)5;1-2/h9-17,20-22H,18-19H2,1-8H3;1-2H3/b17-16-,24-9+;. The summed E-state index contributed by atoms with van der Waals surface area (Å²) in [7, 11) is 0. The second kappa shape index (κ2) is 13.1. The molecule has 4 nitrogen and oxygen atoms in total. The molecule has 0 bridgehead atoms. The zero-order valence-electron chi connectivity index (χ0n) is 24.0. The maximum Gasteiger partial charge on any atom is 0.222 e. The molecule has 0 saturated carbocycles. The van der Waals surface area contributed by atoms with Gasteiger partial charge >= 0.3 is 0 Å². The summed E-state index contributed by atoms with van der Waals surface area (Å²) in [5.74, 6) is 1.23. The van der Waals surface area contributed by atoms with Crippen molar-refractivity contribution in [3.63, 3.8) is 0 Å². The fourth-order valence-corrected chi connectivity index (χ4v) is 4.14. The summed E-state index contributed by atoms with van der Waals surface area (Å²) in [5.41, 5.74) is 3.79. The molecule has 1 heterocycles. The first-order chi connectivity index (χ1) is 17.1. The van der Waals surface area contributed by atoms with Crippen LogP contribution in [0.25, 0.3) is 0 Å². The molecule has 1 fully saturated rings. The highest BCUT2D eigenvalue weighted by molar-refractivity contribution is 5.44. The van der Waals surface area contributed by atoms with Gasteiger partial charge in [-0.3, -0.25) is 0 Å². The van der Waals surface area contributed by atoms with Crippen molar-refractivity contribution in [2.24, 2.45) is 5.92 Å². The van der Waals surface area contributed by atoms with Crippen LogP contribution in [0.15, 0.2) is 66.3 Å². The molecular formula is C32H46O4. The zero-order chi connectivity index (χ0) is 26.9. The fraction of sp³-hybridized carbons (Fsp3) is 0.500. The van der Waals surface area contributed by atoms with Crippen LogP contribution < -0.4 is 9.47 Å². The van der Waals surface area contributed by atoms with E-state index in [0.29, 0.717) is 19.1 Å². The largest absolute Gasteiger partial charge is 0.491 e. The van der Waals surface area contributed by atoms with Crippen molar-refractivity contribution >= 4 is 0 Å². The van der Waals surface area contributed by atoms with Crippen LogP contribution in [0.2, 0.25) is 0 Å². The van der Waals surface area contributed by atoms with Gasteiger partial charge in [-0.05, 0) is 107 Å². The Morgan fingerprint density at radius 2 is 1.53 bits per heavy atom. The Balaban J connectivity index is 0.00000222. The van der Waals surface area contributed by atoms with Crippen LogP contribution >= 0.6 is 0 Å². The number of aryl methyl sites for hydroxylation is 1. The lowest BCUT2D eigenvalue weighted by molar-refractivity contribution is -0.130. The first-order valence-corrected chi connectivity index (χ1v) is 13.3. The van der Waals surface area contributed by atoms with Crippen LogP contribution in [0.3, 0.4) is 0 Å². The van der Waals surface area contributed by atoms with E-state index < -0.39 is 11.4 Å². The Labute approximate surface area is 219 Å². The molecule has 198 valence electrons. The van der Waals surface area contributed by atoms with E-state index in [1.807, 2.05) is 64.1 Å². The van der Waals surface area contributed by atoms with E-state index in [-0.39, 0.29) is 6.10 Å². The highest BCUT2D eigenvalue weighted by Gasteiger charge is 2.41. The first kappa shape index (κ1) is 29.7. The van der Waals surface area contributed by atoms with Crippen LogP contribution in [-0.4, -0.2) is 24.9 Å². The lowest BCUT2D eigenvalue weighted by Gasteiger charge is -2.30. The molecule has 4 heteroatoms. The lowest BCUT2D eigenvalue weighted by atomic mass is 9.95. The normalized spacial score (nSPS) is 15.8. The molecule has 1 aliphatic heterocycles. The number of rotatable bonds is 9. The van der Waals surface area contributed by atoms with Gasteiger partial charge in [-0.25, -0.2) is 0 Å². The highest BCUT2D eigenvalue weighted by atomic mass is 16.7. The van der Waals surface area contributed by atoms with Crippen LogP contribution in [-0.2, 0) is 15.3 Å². The maximum atomic E-state index is 6.40. The molecule has 0 atom stereocenters. The average molecular weight is 495 g/mol. The van der Waals surface area contributed by atoms with Gasteiger partial charge in [0.25, 0.3) is 0 Å². The minimum absolute atomic E-state index is 0.128. The Kier molecular flexibility index (Phi) is 10.8. The molecule has 0 aromatic heterocycles. The minimum atomic E-state index is -0.923. The molecule has 0 unspecified atom stereocenters. The van der Waals surface area contributed by atoms with Gasteiger partial charge in [0, 0.05) is 11.1 Å². The summed E-state index contributed by atoms with van der Waals surface area (Å²) in [4.78, 5) is 0. The Morgan fingerprint density at radius 3 is 2.03 bits per heavy atom. The van der Waals surface area contributed by atoms with Gasteiger partial charge < -0.3 is 18.9 Å². The van der Waals surface area contributed by atoms with Gasteiger partial charge in [0.05, 0.1) is 19.3 Å². The average Bonchev–Trinajstić information content (AvgIpc) is 3.33. The quantitative estimate of drug-likeness (QED) is 0.328.